The monoisotopic (exact) mass is 196 g/mol. The van der Waals surface area contributed by atoms with E-state index >= 15 is 0 Å². The Morgan fingerprint density at radius 1 is 1.57 bits per heavy atom. The van der Waals surface area contributed by atoms with Gasteiger partial charge in [0.1, 0.15) is 0 Å². The summed E-state index contributed by atoms with van der Waals surface area (Å²) in [5, 5.41) is 10.4. The van der Waals surface area contributed by atoms with E-state index in [1.807, 2.05) is 6.92 Å². The maximum absolute atomic E-state index is 10.4. The highest BCUT2D eigenvalue weighted by Gasteiger charge is 2.04. The van der Waals surface area contributed by atoms with E-state index in [4.69, 9.17) is 4.84 Å². The zero-order valence-corrected chi connectivity index (χ0v) is 7.90. The van der Waals surface area contributed by atoms with Crippen LogP contribution in [-0.4, -0.2) is 11.5 Å². The number of nitro benzene ring substituents is 1. The zero-order valence-electron chi connectivity index (χ0n) is 7.90. The Balaban J connectivity index is 2.59. The van der Waals surface area contributed by atoms with E-state index in [1.165, 1.54) is 12.1 Å². The lowest BCUT2D eigenvalue weighted by atomic mass is 10.2. The standard InChI is InChI=1S/C9H12N2O3/c1-2-14-10-7-8-4-3-5-9(6-8)11(12)13/h3-6,10H,2,7H2,1H3. The molecule has 1 rings (SSSR count). The van der Waals surface area contributed by atoms with Crippen molar-refractivity contribution >= 4 is 5.69 Å². The topological polar surface area (TPSA) is 64.4 Å². The molecule has 14 heavy (non-hydrogen) atoms. The molecule has 0 aliphatic rings. The van der Waals surface area contributed by atoms with Crippen LogP contribution in [0.3, 0.4) is 0 Å². The third-order valence-corrected chi connectivity index (χ3v) is 1.64. The van der Waals surface area contributed by atoms with Crippen molar-refractivity contribution in [1.82, 2.24) is 5.48 Å². The summed E-state index contributed by atoms with van der Waals surface area (Å²) in [7, 11) is 0. The molecule has 0 bridgehead atoms. The number of nitrogens with zero attached hydrogens (tertiary/aromatic N) is 1. The van der Waals surface area contributed by atoms with E-state index in [0.29, 0.717) is 13.2 Å². The van der Waals surface area contributed by atoms with Crippen LogP contribution in [0.25, 0.3) is 0 Å². The van der Waals surface area contributed by atoms with Gasteiger partial charge in [-0.15, -0.1) is 0 Å². The second-order valence-electron chi connectivity index (χ2n) is 2.68. The molecule has 0 fully saturated rings. The summed E-state index contributed by atoms with van der Waals surface area (Å²) in [4.78, 5) is 14.9. The largest absolute Gasteiger partial charge is 0.302 e. The summed E-state index contributed by atoms with van der Waals surface area (Å²) >= 11 is 0. The molecular weight excluding hydrogens is 184 g/mol. The summed E-state index contributed by atoms with van der Waals surface area (Å²) in [6.45, 7) is 2.89. The molecule has 1 aromatic rings. The summed E-state index contributed by atoms with van der Waals surface area (Å²) in [5.74, 6) is 0. The predicted octanol–water partition coefficient (Wildman–Crippen LogP) is 1.64. The SMILES string of the molecule is CCONCc1cccc([N+](=O)[O-])c1. The Labute approximate surface area is 81.8 Å². The van der Waals surface area contributed by atoms with E-state index < -0.39 is 4.92 Å². The first-order valence-corrected chi connectivity index (χ1v) is 4.32. The molecule has 0 radical (unpaired) electrons. The van der Waals surface area contributed by atoms with Gasteiger partial charge in [0.2, 0.25) is 0 Å². The van der Waals surface area contributed by atoms with Crippen LogP contribution >= 0.6 is 0 Å². The van der Waals surface area contributed by atoms with Gasteiger partial charge < -0.3 is 4.84 Å². The molecule has 5 heteroatoms. The van der Waals surface area contributed by atoms with Crippen molar-refractivity contribution in [2.45, 2.75) is 13.5 Å². The van der Waals surface area contributed by atoms with Crippen molar-refractivity contribution in [2.75, 3.05) is 6.61 Å². The Hall–Kier alpha value is -1.46. The van der Waals surface area contributed by atoms with Crippen molar-refractivity contribution in [3.05, 3.63) is 39.9 Å². The first-order chi connectivity index (χ1) is 6.74. The maximum Gasteiger partial charge on any atom is 0.269 e. The van der Waals surface area contributed by atoms with Gasteiger partial charge in [-0.3, -0.25) is 10.1 Å². The molecule has 0 aliphatic heterocycles. The summed E-state index contributed by atoms with van der Waals surface area (Å²) in [6.07, 6.45) is 0. The number of benzene rings is 1. The maximum atomic E-state index is 10.4. The molecule has 1 aromatic carbocycles. The van der Waals surface area contributed by atoms with Gasteiger partial charge in [-0.1, -0.05) is 12.1 Å². The first-order valence-electron chi connectivity index (χ1n) is 4.32. The van der Waals surface area contributed by atoms with Gasteiger partial charge in [0.15, 0.2) is 0 Å². The van der Waals surface area contributed by atoms with Gasteiger partial charge in [-0.2, -0.15) is 5.48 Å². The number of hydroxylamine groups is 1. The number of hydrogen-bond donors (Lipinski definition) is 1. The molecule has 0 heterocycles. The molecule has 0 atom stereocenters. The number of rotatable bonds is 5. The van der Waals surface area contributed by atoms with Crippen molar-refractivity contribution in [3.63, 3.8) is 0 Å². The molecule has 0 spiro atoms. The highest BCUT2D eigenvalue weighted by Crippen LogP contribution is 2.12. The lowest BCUT2D eigenvalue weighted by molar-refractivity contribution is -0.384. The van der Waals surface area contributed by atoms with Crippen LogP contribution in [0.2, 0.25) is 0 Å². The minimum Gasteiger partial charge on any atom is -0.302 e. The van der Waals surface area contributed by atoms with Crippen LogP contribution in [0, 0.1) is 10.1 Å². The molecular formula is C9H12N2O3. The van der Waals surface area contributed by atoms with Crippen LogP contribution in [-0.2, 0) is 11.4 Å². The van der Waals surface area contributed by atoms with Gasteiger partial charge in [0, 0.05) is 18.7 Å². The molecule has 1 N–H and O–H groups in total. The number of non-ortho nitro benzene ring substituents is 1. The highest BCUT2D eigenvalue weighted by molar-refractivity contribution is 5.33. The Morgan fingerprint density at radius 2 is 2.36 bits per heavy atom. The van der Waals surface area contributed by atoms with Crippen molar-refractivity contribution in [3.8, 4) is 0 Å². The van der Waals surface area contributed by atoms with Gasteiger partial charge in [0.25, 0.3) is 5.69 Å². The van der Waals surface area contributed by atoms with Crippen molar-refractivity contribution in [2.24, 2.45) is 0 Å². The normalized spacial score (nSPS) is 10.1. The van der Waals surface area contributed by atoms with E-state index in [2.05, 4.69) is 5.48 Å². The third-order valence-electron chi connectivity index (χ3n) is 1.64. The van der Waals surface area contributed by atoms with Gasteiger partial charge in [-0.05, 0) is 12.5 Å². The van der Waals surface area contributed by atoms with Crippen LogP contribution in [0.4, 0.5) is 5.69 Å². The van der Waals surface area contributed by atoms with Gasteiger partial charge >= 0.3 is 0 Å². The molecule has 0 amide bonds. The van der Waals surface area contributed by atoms with Gasteiger partial charge in [0.05, 0.1) is 11.5 Å². The first kappa shape index (κ1) is 10.6. The predicted molar refractivity (Wildman–Crippen MR) is 51.6 cm³/mol. The fraction of sp³-hybridized carbons (Fsp3) is 0.333. The molecule has 0 saturated heterocycles. The van der Waals surface area contributed by atoms with Gasteiger partial charge in [-0.25, -0.2) is 0 Å². The van der Waals surface area contributed by atoms with Crippen LogP contribution in [0.1, 0.15) is 12.5 Å². The Kier molecular flexibility index (Phi) is 4.03. The smallest absolute Gasteiger partial charge is 0.269 e. The summed E-state index contributed by atoms with van der Waals surface area (Å²) < 4.78 is 0. The fourth-order valence-corrected chi connectivity index (χ4v) is 1.02. The summed E-state index contributed by atoms with van der Waals surface area (Å²) in [6, 6.07) is 6.44. The number of nitrogens with one attached hydrogen (secondary N) is 1. The molecule has 5 nitrogen and oxygen atoms in total. The van der Waals surface area contributed by atoms with Crippen LogP contribution < -0.4 is 5.48 Å². The molecule has 0 saturated carbocycles. The van der Waals surface area contributed by atoms with Crippen molar-refractivity contribution in [1.29, 1.82) is 0 Å². The second-order valence-corrected chi connectivity index (χ2v) is 2.68. The van der Waals surface area contributed by atoms with E-state index in [0.717, 1.165) is 5.56 Å². The van der Waals surface area contributed by atoms with Crippen LogP contribution in [0.15, 0.2) is 24.3 Å². The van der Waals surface area contributed by atoms with E-state index in [9.17, 15) is 10.1 Å². The minimum atomic E-state index is -0.413. The Bertz CT molecular complexity index is 315. The molecule has 76 valence electrons. The molecule has 0 unspecified atom stereocenters. The highest BCUT2D eigenvalue weighted by atomic mass is 16.6. The summed E-state index contributed by atoms with van der Waals surface area (Å²) in [5.41, 5.74) is 3.62. The third kappa shape index (κ3) is 3.12. The molecule has 0 aliphatic carbocycles. The lowest BCUT2D eigenvalue weighted by Crippen LogP contribution is -2.13. The lowest BCUT2D eigenvalue weighted by Gasteiger charge is -2.02. The second kappa shape index (κ2) is 5.31. The minimum absolute atomic E-state index is 0.0980. The van der Waals surface area contributed by atoms with Crippen LogP contribution in [0.5, 0.6) is 0 Å². The zero-order chi connectivity index (χ0) is 10.4. The van der Waals surface area contributed by atoms with E-state index in [-0.39, 0.29) is 5.69 Å². The molecule has 0 aromatic heterocycles. The van der Waals surface area contributed by atoms with E-state index in [1.54, 1.807) is 12.1 Å². The fourth-order valence-electron chi connectivity index (χ4n) is 1.02. The average molecular weight is 196 g/mol. The Morgan fingerprint density at radius 3 is 3.00 bits per heavy atom. The number of hydrogen-bond acceptors (Lipinski definition) is 4. The quantitative estimate of drug-likeness (QED) is 0.441. The average Bonchev–Trinajstić information content (AvgIpc) is 2.19. The number of nitro groups is 1. The van der Waals surface area contributed by atoms with Crippen molar-refractivity contribution < 1.29 is 9.76 Å².